The Morgan fingerprint density at radius 2 is 1.47 bits per heavy atom. The summed E-state index contributed by atoms with van der Waals surface area (Å²) in [6.45, 7) is 5.37. The lowest BCUT2D eigenvalue weighted by Crippen LogP contribution is -2.07. The quantitative estimate of drug-likeness (QED) is 0.840. The van der Waals surface area contributed by atoms with Crippen LogP contribution in [0.2, 0.25) is 0 Å². The average molecular weight is 261 g/mol. The average Bonchev–Trinajstić information content (AvgIpc) is 2.37. The third-order valence-corrected chi connectivity index (χ3v) is 3.25. The molecule has 0 saturated heterocycles. The van der Waals surface area contributed by atoms with Crippen molar-refractivity contribution >= 4 is 5.69 Å². The molecule has 19 heavy (non-hydrogen) atoms. The van der Waals surface area contributed by atoms with Gasteiger partial charge in [-0.2, -0.15) is 0 Å². The van der Waals surface area contributed by atoms with E-state index in [-0.39, 0.29) is 17.7 Å². The zero-order valence-corrected chi connectivity index (χ0v) is 11.3. The minimum Gasteiger partial charge on any atom is -0.378 e. The van der Waals surface area contributed by atoms with Crippen LogP contribution < -0.4 is 5.32 Å². The van der Waals surface area contributed by atoms with Gasteiger partial charge in [-0.15, -0.1) is 0 Å². The summed E-state index contributed by atoms with van der Waals surface area (Å²) in [5.74, 6) is -0.464. The number of rotatable bonds is 3. The van der Waals surface area contributed by atoms with Gasteiger partial charge in [0.15, 0.2) is 0 Å². The second kappa shape index (κ2) is 5.39. The van der Waals surface area contributed by atoms with E-state index in [0.717, 1.165) is 5.56 Å². The number of anilines is 1. The largest absolute Gasteiger partial charge is 0.378 e. The number of halogens is 2. The maximum atomic E-state index is 13.5. The number of hydrogen-bond acceptors (Lipinski definition) is 1. The highest BCUT2D eigenvalue weighted by molar-refractivity contribution is 5.47. The molecule has 0 fully saturated rings. The van der Waals surface area contributed by atoms with Crippen molar-refractivity contribution in [1.29, 1.82) is 0 Å². The minimum atomic E-state index is -0.243. The van der Waals surface area contributed by atoms with Gasteiger partial charge < -0.3 is 5.32 Å². The Kier molecular flexibility index (Phi) is 3.84. The molecule has 0 heterocycles. The monoisotopic (exact) mass is 261 g/mol. The fourth-order valence-electron chi connectivity index (χ4n) is 1.89. The van der Waals surface area contributed by atoms with Gasteiger partial charge in [0.1, 0.15) is 11.6 Å². The second-order valence-corrected chi connectivity index (χ2v) is 4.84. The molecule has 0 radical (unpaired) electrons. The smallest absolute Gasteiger partial charge is 0.128 e. The van der Waals surface area contributed by atoms with Crippen molar-refractivity contribution in [2.45, 2.75) is 26.8 Å². The summed E-state index contributed by atoms with van der Waals surface area (Å²) in [4.78, 5) is 0. The molecule has 0 saturated carbocycles. The zero-order chi connectivity index (χ0) is 14.0. The lowest BCUT2D eigenvalue weighted by atomic mass is 10.1. The Hall–Kier alpha value is -1.90. The summed E-state index contributed by atoms with van der Waals surface area (Å²) in [6.07, 6.45) is 0. The lowest BCUT2D eigenvalue weighted by Gasteiger charge is -2.16. The molecule has 100 valence electrons. The molecule has 0 aliphatic rings. The molecule has 2 aromatic carbocycles. The molecule has 1 nitrogen and oxygen atoms in total. The first kappa shape index (κ1) is 13.5. The summed E-state index contributed by atoms with van der Waals surface area (Å²) in [6, 6.07) is 10.0. The van der Waals surface area contributed by atoms with Gasteiger partial charge in [0, 0.05) is 11.7 Å². The fourth-order valence-corrected chi connectivity index (χ4v) is 1.89. The van der Waals surface area contributed by atoms with Crippen molar-refractivity contribution in [2.75, 3.05) is 5.32 Å². The molecule has 2 aromatic rings. The first-order chi connectivity index (χ1) is 8.97. The standard InChI is InChI=1S/C16H17F2N/c1-10-4-6-13(8-15(10)17)12(3)19-14-7-5-11(2)16(18)9-14/h4-9,12,19H,1-3H3. The van der Waals surface area contributed by atoms with E-state index >= 15 is 0 Å². The maximum absolute atomic E-state index is 13.5. The SMILES string of the molecule is Cc1ccc(NC(C)c2ccc(C)c(F)c2)cc1F. The normalized spacial score (nSPS) is 12.3. The van der Waals surface area contributed by atoms with Crippen molar-refractivity contribution in [1.82, 2.24) is 0 Å². The summed E-state index contributed by atoms with van der Waals surface area (Å²) in [5.41, 5.74) is 2.76. The summed E-state index contributed by atoms with van der Waals surface area (Å²) >= 11 is 0. The van der Waals surface area contributed by atoms with Gasteiger partial charge in [0.25, 0.3) is 0 Å². The Morgan fingerprint density at radius 3 is 2.05 bits per heavy atom. The summed E-state index contributed by atoms with van der Waals surface area (Å²) in [5, 5.41) is 3.17. The maximum Gasteiger partial charge on any atom is 0.128 e. The third-order valence-electron chi connectivity index (χ3n) is 3.25. The van der Waals surface area contributed by atoms with Crippen LogP contribution in [0.3, 0.4) is 0 Å². The number of hydrogen-bond donors (Lipinski definition) is 1. The predicted octanol–water partition coefficient (Wildman–Crippen LogP) is 4.75. The molecule has 0 aliphatic carbocycles. The fraction of sp³-hybridized carbons (Fsp3) is 0.250. The van der Waals surface area contributed by atoms with Gasteiger partial charge in [-0.3, -0.25) is 0 Å². The first-order valence-electron chi connectivity index (χ1n) is 6.26. The number of benzene rings is 2. The molecule has 0 bridgehead atoms. The van der Waals surface area contributed by atoms with Gasteiger partial charge in [0.05, 0.1) is 0 Å². The number of nitrogens with one attached hydrogen (secondary N) is 1. The van der Waals surface area contributed by atoms with Crippen LogP contribution in [0.15, 0.2) is 36.4 Å². The van der Waals surface area contributed by atoms with Crippen LogP contribution in [0.1, 0.15) is 29.7 Å². The van der Waals surface area contributed by atoms with Crippen LogP contribution in [0.4, 0.5) is 14.5 Å². The van der Waals surface area contributed by atoms with Crippen molar-refractivity contribution in [3.8, 4) is 0 Å². The van der Waals surface area contributed by atoms with E-state index < -0.39 is 0 Å². The van der Waals surface area contributed by atoms with Crippen LogP contribution in [0, 0.1) is 25.5 Å². The Labute approximate surface area is 112 Å². The summed E-state index contributed by atoms with van der Waals surface area (Å²) < 4.78 is 27.0. The van der Waals surface area contributed by atoms with E-state index in [9.17, 15) is 8.78 Å². The van der Waals surface area contributed by atoms with Gasteiger partial charge in [-0.25, -0.2) is 8.78 Å². The van der Waals surface area contributed by atoms with E-state index in [1.165, 1.54) is 12.1 Å². The first-order valence-corrected chi connectivity index (χ1v) is 6.26. The van der Waals surface area contributed by atoms with E-state index in [2.05, 4.69) is 5.32 Å². The molecule has 0 aliphatic heterocycles. The highest BCUT2D eigenvalue weighted by Crippen LogP contribution is 2.22. The molecule has 1 unspecified atom stereocenters. The van der Waals surface area contributed by atoms with Crippen molar-refractivity contribution in [3.63, 3.8) is 0 Å². The van der Waals surface area contributed by atoms with Crippen molar-refractivity contribution in [2.24, 2.45) is 0 Å². The van der Waals surface area contributed by atoms with E-state index in [1.54, 1.807) is 26.0 Å². The van der Waals surface area contributed by atoms with Crippen molar-refractivity contribution < 1.29 is 8.78 Å². The Bertz CT molecular complexity index is 593. The number of aryl methyl sites for hydroxylation is 2. The van der Waals surface area contributed by atoms with Crippen molar-refractivity contribution in [3.05, 3.63) is 64.7 Å². The Morgan fingerprint density at radius 1 is 0.895 bits per heavy atom. The van der Waals surface area contributed by atoms with Gasteiger partial charge in [-0.1, -0.05) is 18.2 Å². The van der Waals surface area contributed by atoms with E-state index in [4.69, 9.17) is 0 Å². The van der Waals surface area contributed by atoms with Crippen LogP contribution in [-0.2, 0) is 0 Å². The highest BCUT2D eigenvalue weighted by atomic mass is 19.1. The molecule has 0 aromatic heterocycles. The van der Waals surface area contributed by atoms with E-state index in [1.807, 2.05) is 19.1 Å². The topological polar surface area (TPSA) is 12.0 Å². The molecule has 1 N–H and O–H groups in total. The van der Waals surface area contributed by atoms with Crippen LogP contribution in [-0.4, -0.2) is 0 Å². The van der Waals surface area contributed by atoms with Gasteiger partial charge >= 0.3 is 0 Å². The van der Waals surface area contributed by atoms with Gasteiger partial charge in [-0.05, 0) is 55.7 Å². The highest BCUT2D eigenvalue weighted by Gasteiger charge is 2.08. The lowest BCUT2D eigenvalue weighted by molar-refractivity contribution is 0.613. The van der Waals surface area contributed by atoms with Crippen LogP contribution in [0.5, 0.6) is 0 Å². The molecular formula is C16H17F2N. The molecule has 0 spiro atoms. The van der Waals surface area contributed by atoms with E-state index in [0.29, 0.717) is 16.8 Å². The molecular weight excluding hydrogens is 244 g/mol. The molecule has 1 atom stereocenters. The predicted molar refractivity (Wildman–Crippen MR) is 74.3 cm³/mol. The molecule has 0 amide bonds. The molecule has 2 rings (SSSR count). The second-order valence-electron chi connectivity index (χ2n) is 4.84. The molecule has 3 heteroatoms. The minimum absolute atomic E-state index is 0.0859. The van der Waals surface area contributed by atoms with Crippen LogP contribution in [0.25, 0.3) is 0 Å². The van der Waals surface area contributed by atoms with Crippen LogP contribution >= 0.6 is 0 Å². The summed E-state index contributed by atoms with van der Waals surface area (Å²) in [7, 11) is 0. The zero-order valence-electron chi connectivity index (χ0n) is 11.3. The Balaban J connectivity index is 2.17. The third kappa shape index (κ3) is 3.11. The van der Waals surface area contributed by atoms with Gasteiger partial charge in [0.2, 0.25) is 0 Å².